The smallest absolute Gasteiger partial charge is 0.123 e. The summed E-state index contributed by atoms with van der Waals surface area (Å²) in [6.45, 7) is 2.07. The first-order valence-electron chi connectivity index (χ1n) is 6.66. The van der Waals surface area contributed by atoms with E-state index in [2.05, 4.69) is 17.2 Å². The lowest BCUT2D eigenvalue weighted by Gasteiger charge is -2.17. The van der Waals surface area contributed by atoms with Crippen LogP contribution < -0.4 is 5.32 Å². The van der Waals surface area contributed by atoms with Crippen molar-refractivity contribution in [1.82, 2.24) is 4.98 Å². The summed E-state index contributed by atoms with van der Waals surface area (Å²) in [4.78, 5) is 4.37. The summed E-state index contributed by atoms with van der Waals surface area (Å²) >= 11 is 7.87. The zero-order valence-electron chi connectivity index (χ0n) is 11.4. The Morgan fingerprint density at radius 2 is 2.00 bits per heavy atom. The summed E-state index contributed by atoms with van der Waals surface area (Å²) in [6, 6.07) is 10.6. The highest BCUT2D eigenvalue weighted by molar-refractivity contribution is 7.16. The Balaban J connectivity index is 1.79. The molecule has 1 N–H and O–H groups in total. The van der Waals surface area contributed by atoms with Crippen LogP contribution in [0.1, 0.15) is 12.5 Å². The molecule has 1 heterocycles. The lowest BCUT2D eigenvalue weighted by Crippen LogP contribution is -2.18. The number of hydrogen-bond acceptors (Lipinski definition) is 3. The number of anilines is 1. The Labute approximate surface area is 131 Å². The van der Waals surface area contributed by atoms with E-state index in [1.165, 1.54) is 12.1 Å². The van der Waals surface area contributed by atoms with Crippen LogP contribution in [0.25, 0.3) is 10.2 Å². The van der Waals surface area contributed by atoms with Crippen LogP contribution in [0.5, 0.6) is 0 Å². The molecule has 2 aromatic carbocycles. The van der Waals surface area contributed by atoms with Gasteiger partial charge in [-0.25, -0.2) is 9.37 Å². The Kier molecular flexibility index (Phi) is 4.08. The molecule has 0 fully saturated rings. The summed E-state index contributed by atoms with van der Waals surface area (Å²) < 4.78 is 14.0. The first-order valence-corrected chi connectivity index (χ1v) is 7.92. The van der Waals surface area contributed by atoms with Crippen LogP contribution in [0, 0.1) is 5.82 Å². The highest BCUT2D eigenvalue weighted by Gasteiger charge is 2.12. The zero-order valence-corrected chi connectivity index (χ0v) is 13.0. The lowest BCUT2D eigenvalue weighted by molar-refractivity contribution is 0.626. The maximum Gasteiger partial charge on any atom is 0.123 e. The largest absolute Gasteiger partial charge is 0.379 e. The molecule has 0 saturated heterocycles. The number of halogens is 2. The van der Waals surface area contributed by atoms with Crippen LogP contribution in [0.15, 0.2) is 41.9 Å². The van der Waals surface area contributed by atoms with Crippen molar-refractivity contribution < 1.29 is 4.39 Å². The predicted octanol–water partition coefficient (Wildman–Crippen LogP) is 5.13. The summed E-state index contributed by atoms with van der Waals surface area (Å²) in [7, 11) is 0. The van der Waals surface area contributed by atoms with Gasteiger partial charge in [-0.3, -0.25) is 0 Å². The molecule has 0 aliphatic heterocycles. The summed E-state index contributed by atoms with van der Waals surface area (Å²) in [6.07, 6.45) is 0.789. The van der Waals surface area contributed by atoms with E-state index in [9.17, 15) is 4.39 Å². The maximum absolute atomic E-state index is 12.9. The maximum atomic E-state index is 12.9. The second-order valence-corrected chi connectivity index (χ2v) is 6.29. The molecule has 1 unspecified atom stereocenters. The third-order valence-corrected chi connectivity index (χ3v) is 4.41. The number of nitrogens with one attached hydrogen (secondary N) is 1. The van der Waals surface area contributed by atoms with E-state index in [1.54, 1.807) is 23.5 Å². The normalized spacial score (nSPS) is 12.5. The van der Waals surface area contributed by atoms with Crippen molar-refractivity contribution in [3.05, 3.63) is 58.3 Å². The Hall–Kier alpha value is -1.65. The van der Waals surface area contributed by atoms with Crippen LogP contribution in [0.3, 0.4) is 0 Å². The summed E-state index contributed by atoms with van der Waals surface area (Å²) in [5.41, 5.74) is 4.66. The molecule has 5 heteroatoms. The standard InChI is InChI=1S/C16H14ClFN2S/c1-10(8-11-2-4-12(18)5-3-11)20-15-13(17)6-7-14-16(15)19-9-21-14/h2-7,9-10,20H,8H2,1H3. The van der Waals surface area contributed by atoms with Gasteiger partial charge >= 0.3 is 0 Å². The fourth-order valence-corrected chi connectivity index (χ4v) is 3.21. The minimum Gasteiger partial charge on any atom is -0.379 e. The van der Waals surface area contributed by atoms with Gasteiger partial charge in [-0.15, -0.1) is 11.3 Å². The highest BCUT2D eigenvalue weighted by Crippen LogP contribution is 2.32. The topological polar surface area (TPSA) is 24.9 Å². The molecule has 3 aromatic rings. The number of rotatable bonds is 4. The van der Waals surface area contributed by atoms with Gasteiger partial charge in [0.15, 0.2) is 0 Å². The van der Waals surface area contributed by atoms with Crippen molar-refractivity contribution in [3.63, 3.8) is 0 Å². The number of nitrogens with zero attached hydrogens (tertiary/aromatic N) is 1. The van der Waals surface area contributed by atoms with E-state index >= 15 is 0 Å². The second-order valence-electron chi connectivity index (χ2n) is 5.00. The summed E-state index contributed by atoms with van der Waals surface area (Å²) in [5.74, 6) is -0.213. The quantitative estimate of drug-likeness (QED) is 0.720. The fourth-order valence-electron chi connectivity index (χ4n) is 2.32. The van der Waals surface area contributed by atoms with Crippen molar-refractivity contribution in [3.8, 4) is 0 Å². The molecule has 1 atom stereocenters. The molecule has 0 spiro atoms. The van der Waals surface area contributed by atoms with E-state index in [-0.39, 0.29) is 11.9 Å². The van der Waals surface area contributed by atoms with E-state index in [0.717, 1.165) is 27.9 Å². The van der Waals surface area contributed by atoms with E-state index < -0.39 is 0 Å². The van der Waals surface area contributed by atoms with Crippen molar-refractivity contribution in [1.29, 1.82) is 0 Å². The van der Waals surface area contributed by atoms with Crippen LogP contribution in [0.4, 0.5) is 10.1 Å². The van der Waals surface area contributed by atoms with Gasteiger partial charge in [-0.1, -0.05) is 23.7 Å². The first-order chi connectivity index (χ1) is 10.1. The molecule has 2 nitrogen and oxygen atoms in total. The molecule has 0 saturated carbocycles. The van der Waals surface area contributed by atoms with Crippen LogP contribution in [-0.2, 0) is 6.42 Å². The molecule has 21 heavy (non-hydrogen) atoms. The van der Waals surface area contributed by atoms with Gasteiger partial charge in [0, 0.05) is 6.04 Å². The summed E-state index contributed by atoms with van der Waals surface area (Å²) in [5, 5.41) is 4.09. The van der Waals surface area contributed by atoms with Gasteiger partial charge in [0.25, 0.3) is 0 Å². The third-order valence-electron chi connectivity index (χ3n) is 3.30. The number of fused-ring (bicyclic) bond motifs is 1. The van der Waals surface area contributed by atoms with Gasteiger partial charge in [0.1, 0.15) is 11.3 Å². The number of hydrogen-bond donors (Lipinski definition) is 1. The minimum absolute atomic E-state index is 0.167. The minimum atomic E-state index is -0.213. The third kappa shape index (κ3) is 3.17. The average molecular weight is 321 g/mol. The molecule has 108 valence electrons. The van der Waals surface area contributed by atoms with E-state index in [1.807, 2.05) is 17.6 Å². The zero-order chi connectivity index (χ0) is 14.8. The van der Waals surface area contributed by atoms with Crippen molar-refractivity contribution in [2.75, 3.05) is 5.32 Å². The molecule has 0 bridgehead atoms. The average Bonchev–Trinajstić information content (AvgIpc) is 2.93. The van der Waals surface area contributed by atoms with E-state index in [4.69, 9.17) is 11.6 Å². The first kappa shape index (κ1) is 14.3. The van der Waals surface area contributed by atoms with Crippen LogP contribution in [0.2, 0.25) is 5.02 Å². The Bertz CT molecular complexity index is 755. The molecular formula is C16H14ClFN2S. The van der Waals surface area contributed by atoms with Gasteiger partial charge in [0.05, 0.1) is 20.9 Å². The number of benzene rings is 2. The molecule has 0 aliphatic carbocycles. The van der Waals surface area contributed by atoms with Gasteiger partial charge in [-0.05, 0) is 43.2 Å². The molecule has 0 aliphatic rings. The van der Waals surface area contributed by atoms with Crippen molar-refractivity contribution >= 4 is 38.8 Å². The SMILES string of the molecule is CC(Cc1ccc(F)cc1)Nc1c(Cl)ccc2scnc12. The van der Waals surface area contributed by atoms with Crippen molar-refractivity contribution in [2.24, 2.45) is 0 Å². The molecule has 0 amide bonds. The highest BCUT2D eigenvalue weighted by atomic mass is 35.5. The van der Waals surface area contributed by atoms with Crippen LogP contribution in [-0.4, -0.2) is 11.0 Å². The van der Waals surface area contributed by atoms with Gasteiger partial charge in [0.2, 0.25) is 0 Å². The Morgan fingerprint density at radius 3 is 2.76 bits per heavy atom. The van der Waals surface area contributed by atoms with Gasteiger partial charge in [-0.2, -0.15) is 0 Å². The fraction of sp³-hybridized carbons (Fsp3) is 0.188. The monoisotopic (exact) mass is 320 g/mol. The molecular weight excluding hydrogens is 307 g/mol. The Morgan fingerprint density at radius 1 is 1.24 bits per heavy atom. The van der Waals surface area contributed by atoms with Crippen molar-refractivity contribution in [2.45, 2.75) is 19.4 Å². The number of aromatic nitrogens is 1. The predicted molar refractivity (Wildman–Crippen MR) is 87.8 cm³/mol. The molecule has 0 radical (unpaired) electrons. The van der Waals surface area contributed by atoms with E-state index in [0.29, 0.717) is 5.02 Å². The van der Waals surface area contributed by atoms with Crippen LogP contribution >= 0.6 is 22.9 Å². The molecule has 1 aromatic heterocycles. The second kappa shape index (κ2) is 6.00. The molecule has 3 rings (SSSR count). The number of thiazole rings is 1. The van der Waals surface area contributed by atoms with Gasteiger partial charge < -0.3 is 5.32 Å². The lowest BCUT2D eigenvalue weighted by atomic mass is 10.1.